The number of nitrogens with one attached hydrogen (secondary N) is 2. The summed E-state index contributed by atoms with van der Waals surface area (Å²) in [7, 11) is 0. The number of anilines is 3. The number of halogens is 1. The van der Waals surface area contributed by atoms with Gasteiger partial charge in [0.05, 0.1) is 15.8 Å². The Morgan fingerprint density at radius 2 is 1.94 bits per heavy atom. The van der Waals surface area contributed by atoms with Gasteiger partial charge in [-0.05, 0) is 61.6 Å². The van der Waals surface area contributed by atoms with Crippen molar-refractivity contribution in [2.75, 3.05) is 17.2 Å². The van der Waals surface area contributed by atoms with Gasteiger partial charge >= 0.3 is 0 Å². The minimum atomic E-state index is -0.272. The molecular weight excluding hydrogens is 411 g/mol. The van der Waals surface area contributed by atoms with Crippen molar-refractivity contribution in [1.29, 1.82) is 0 Å². The van der Waals surface area contributed by atoms with Crippen LogP contribution in [0.25, 0.3) is 20.8 Å². The largest absolute Gasteiger partial charge is 0.396 e. The molecule has 2 heterocycles. The molecule has 4 aromatic rings. The molecule has 3 N–H and O–H groups in total. The van der Waals surface area contributed by atoms with Crippen molar-refractivity contribution in [3.63, 3.8) is 0 Å². The number of fused-ring (bicyclic) bond motifs is 1. The first-order valence-corrected chi connectivity index (χ1v) is 11.3. The van der Waals surface area contributed by atoms with E-state index in [-0.39, 0.29) is 12.4 Å². The van der Waals surface area contributed by atoms with Gasteiger partial charge in [0.25, 0.3) is 0 Å². The zero-order chi connectivity index (χ0) is 21.2. The molecule has 7 heteroatoms. The van der Waals surface area contributed by atoms with Gasteiger partial charge in [-0.15, -0.1) is 11.3 Å². The van der Waals surface area contributed by atoms with Gasteiger partial charge < -0.3 is 15.7 Å². The summed E-state index contributed by atoms with van der Waals surface area (Å²) in [6, 6.07) is 16.6. The van der Waals surface area contributed by atoms with E-state index in [1.165, 1.54) is 12.1 Å². The lowest BCUT2D eigenvalue weighted by atomic mass is 10.1. The van der Waals surface area contributed by atoms with Crippen molar-refractivity contribution >= 4 is 38.7 Å². The SMILES string of the molecule is OCC1CCC(Nc2cc(Nc3ccc(F)cc3)ncc2-c2nc3ccccc3s2)C1. The number of aliphatic hydroxyl groups is 1. The van der Waals surface area contributed by atoms with Crippen molar-refractivity contribution in [1.82, 2.24) is 9.97 Å². The Kier molecular flexibility index (Phi) is 5.53. The zero-order valence-electron chi connectivity index (χ0n) is 16.9. The monoisotopic (exact) mass is 434 g/mol. The maximum absolute atomic E-state index is 13.2. The molecule has 5 rings (SSSR count). The van der Waals surface area contributed by atoms with E-state index >= 15 is 0 Å². The molecule has 2 aromatic heterocycles. The number of aromatic nitrogens is 2. The highest BCUT2D eigenvalue weighted by Gasteiger charge is 2.25. The summed E-state index contributed by atoms with van der Waals surface area (Å²) in [5.74, 6) is 0.754. The minimum Gasteiger partial charge on any atom is -0.396 e. The molecule has 1 fully saturated rings. The molecule has 158 valence electrons. The first kappa shape index (κ1) is 19.9. The molecule has 0 amide bonds. The maximum atomic E-state index is 13.2. The van der Waals surface area contributed by atoms with E-state index in [1.807, 2.05) is 30.5 Å². The Morgan fingerprint density at radius 1 is 1.10 bits per heavy atom. The summed E-state index contributed by atoms with van der Waals surface area (Å²) in [6.07, 6.45) is 4.83. The second-order valence-electron chi connectivity index (χ2n) is 7.94. The van der Waals surface area contributed by atoms with Crippen LogP contribution in [0.15, 0.2) is 60.8 Å². The summed E-state index contributed by atoms with van der Waals surface area (Å²) in [5.41, 5.74) is 3.66. The number of hydrogen-bond donors (Lipinski definition) is 3. The lowest BCUT2D eigenvalue weighted by Crippen LogP contribution is -2.17. The standard InChI is InChI=1S/C24H23FN4OS/c25-16-6-9-17(10-7-16)28-23-12-21(27-18-8-5-15(11-18)14-30)19(13-26-23)24-29-20-3-1-2-4-22(20)31-24/h1-4,6-7,9-10,12-13,15,18,30H,5,8,11,14H2,(H2,26,27,28). The highest BCUT2D eigenvalue weighted by Crippen LogP contribution is 2.37. The van der Waals surface area contributed by atoms with Crippen molar-refractivity contribution < 1.29 is 9.50 Å². The Bertz CT molecular complexity index is 1160. The van der Waals surface area contributed by atoms with Gasteiger partial charge in [-0.1, -0.05) is 12.1 Å². The molecule has 5 nitrogen and oxygen atoms in total. The number of rotatable bonds is 6. The van der Waals surface area contributed by atoms with Gasteiger partial charge in [0, 0.05) is 36.3 Å². The van der Waals surface area contributed by atoms with Crippen LogP contribution < -0.4 is 10.6 Å². The number of pyridine rings is 1. The van der Waals surface area contributed by atoms with Gasteiger partial charge in [-0.2, -0.15) is 0 Å². The zero-order valence-corrected chi connectivity index (χ0v) is 17.7. The van der Waals surface area contributed by atoms with Crippen LogP contribution in [0.5, 0.6) is 0 Å². The predicted octanol–water partition coefficient (Wildman–Crippen LogP) is 5.81. The lowest BCUT2D eigenvalue weighted by Gasteiger charge is -2.18. The molecule has 0 spiro atoms. The normalized spacial score (nSPS) is 18.4. The summed E-state index contributed by atoms with van der Waals surface area (Å²) < 4.78 is 14.4. The molecule has 2 aromatic carbocycles. The van der Waals surface area contributed by atoms with Crippen LogP contribution in [0.3, 0.4) is 0 Å². The number of nitrogens with zero attached hydrogens (tertiary/aromatic N) is 2. The first-order valence-electron chi connectivity index (χ1n) is 10.4. The molecule has 2 unspecified atom stereocenters. The molecule has 1 saturated carbocycles. The summed E-state index contributed by atoms with van der Waals surface area (Å²) in [4.78, 5) is 9.40. The van der Waals surface area contributed by atoms with Crippen LogP contribution in [0.4, 0.5) is 21.6 Å². The van der Waals surface area contributed by atoms with Crippen LogP contribution >= 0.6 is 11.3 Å². The van der Waals surface area contributed by atoms with E-state index in [2.05, 4.69) is 21.7 Å². The fourth-order valence-corrected chi connectivity index (χ4v) is 5.06. The number of thiazole rings is 1. The molecule has 1 aliphatic rings. The van der Waals surface area contributed by atoms with Gasteiger partial charge in [0.1, 0.15) is 16.6 Å². The van der Waals surface area contributed by atoms with E-state index in [1.54, 1.807) is 23.5 Å². The molecule has 0 radical (unpaired) electrons. The van der Waals surface area contributed by atoms with Gasteiger partial charge in [-0.25, -0.2) is 14.4 Å². The Hall–Kier alpha value is -3.03. The fourth-order valence-electron chi connectivity index (χ4n) is 4.07. The van der Waals surface area contributed by atoms with E-state index in [4.69, 9.17) is 4.98 Å². The lowest BCUT2D eigenvalue weighted by molar-refractivity contribution is 0.229. The van der Waals surface area contributed by atoms with E-state index < -0.39 is 0 Å². The van der Waals surface area contributed by atoms with Crippen LogP contribution in [-0.2, 0) is 0 Å². The first-order chi connectivity index (χ1) is 15.2. The molecule has 31 heavy (non-hydrogen) atoms. The summed E-state index contributed by atoms with van der Waals surface area (Å²) >= 11 is 1.65. The summed E-state index contributed by atoms with van der Waals surface area (Å²) in [5, 5.41) is 17.3. The van der Waals surface area contributed by atoms with Gasteiger partial charge in [0.15, 0.2) is 0 Å². The molecule has 0 bridgehead atoms. The van der Waals surface area contributed by atoms with Crippen LogP contribution in [-0.4, -0.2) is 27.7 Å². The third-order valence-electron chi connectivity index (χ3n) is 5.70. The number of benzene rings is 2. The molecular formula is C24H23FN4OS. The van der Waals surface area contributed by atoms with Crippen molar-refractivity contribution in [3.8, 4) is 10.6 Å². The molecule has 0 saturated heterocycles. The number of aliphatic hydroxyl groups excluding tert-OH is 1. The third-order valence-corrected chi connectivity index (χ3v) is 6.77. The molecule has 2 atom stereocenters. The third kappa shape index (κ3) is 4.38. The van der Waals surface area contributed by atoms with Crippen molar-refractivity contribution in [2.45, 2.75) is 25.3 Å². The Labute approximate surface area is 184 Å². The second kappa shape index (κ2) is 8.61. The minimum absolute atomic E-state index is 0.233. The molecule has 0 aliphatic heterocycles. The van der Waals surface area contributed by atoms with Gasteiger partial charge in [0.2, 0.25) is 0 Å². The number of hydrogen-bond acceptors (Lipinski definition) is 6. The summed E-state index contributed by atoms with van der Waals surface area (Å²) in [6.45, 7) is 0.233. The Balaban J connectivity index is 1.49. The quantitative estimate of drug-likeness (QED) is 0.357. The highest BCUT2D eigenvalue weighted by molar-refractivity contribution is 7.21. The molecule has 1 aliphatic carbocycles. The average molecular weight is 435 g/mol. The van der Waals surface area contributed by atoms with Crippen LogP contribution in [0, 0.1) is 11.7 Å². The van der Waals surface area contributed by atoms with E-state index in [0.717, 1.165) is 51.4 Å². The second-order valence-corrected chi connectivity index (χ2v) is 8.97. The Morgan fingerprint density at radius 3 is 2.71 bits per heavy atom. The van der Waals surface area contributed by atoms with Crippen molar-refractivity contribution in [2.24, 2.45) is 5.92 Å². The van der Waals surface area contributed by atoms with E-state index in [9.17, 15) is 9.50 Å². The van der Waals surface area contributed by atoms with Crippen LogP contribution in [0.1, 0.15) is 19.3 Å². The smallest absolute Gasteiger partial charge is 0.132 e. The topological polar surface area (TPSA) is 70.1 Å². The predicted molar refractivity (Wildman–Crippen MR) is 124 cm³/mol. The average Bonchev–Trinajstić information content (AvgIpc) is 3.42. The van der Waals surface area contributed by atoms with E-state index in [0.29, 0.717) is 17.8 Å². The van der Waals surface area contributed by atoms with Gasteiger partial charge in [-0.3, -0.25) is 0 Å². The van der Waals surface area contributed by atoms with Crippen LogP contribution in [0.2, 0.25) is 0 Å². The number of para-hydroxylation sites is 1. The highest BCUT2D eigenvalue weighted by atomic mass is 32.1. The maximum Gasteiger partial charge on any atom is 0.132 e. The van der Waals surface area contributed by atoms with Crippen molar-refractivity contribution in [3.05, 3.63) is 66.6 Å². The fraction of sp³-hybridized carbons (Fsp3) is 0.250.